The molecule has 0 fully saturated rings. The van der Waals surface area contributed by atoms with E-state index in [1.165, 1.54) is 9.13 Å². The molecule has 3 rings (SSSR count). The molecule has 0 amide bonds. The van der Waals surface area contributed by atoms with Gasteiger partial charge in [0.05, 0.1) is 12.3 Å². The molecular weight excluding hydrogens is 330 g/mol. The first kappa shape index (κ1) is 16.7. The van der Waals surface area contributed by atoms with Crippen LogP contribution in [0.25, 0.3) is 0 Å². The molecule has 7 nitrogen and oxygen atoms in total. The normalized spacial score (nSPS) is 16.4. The Bertz CT molecular complexity index is 932. The lowest BCUT2D eigenvalue weighted by Crippen LogP contribution is -2.29. The SMILES string of the molecule is CCn1c(O)c([C@H]2OCc3cnc(C)c(O)c32)c(=O)n(CC)c1=S. The first-order valence-electron chi connectivity index (χ1n) is 7.77. The van der Waals surface area contributed by atoms with Crippen molar-refractivity contribution in [2.75, 3.05) is 0 Å². The Morgan fingerprint density at radius 2 is 1.96 bits per heavy atom. The van der Waals surface area contributed by atoms with Crippen LogP contribution in [0.3, 0.4) is 0 Å². The molecule has 2 aromatic heterocycles. The Hall–Kier alpha value is -2.19. The van der Waals surface area contributed by atoms with Gasteiger partial charge in [0.15, 0.2) is 4.77 Å². The fourth-order valence-corrected chi connectivity index (χ4v) is 3.47. The van der Waals surface area contributed by atoms with E-state index in [0.29, 0.717) is 29.9 Å². The van der Waals surface area contributed by atoms with Crippen molar-refractivity contribution in [2.24, 2.45) is 0 Å². The van der Waals surface area contributed by atoms with Gasteiger partial charge in [-0.3, -0.25) is 18.9 Å². The molecule has 0 unspecified atom stereocenters. The Morgan fingerprint density at radius 3 is 2.58 bits per heavy atom. The van der Waals surface area contributed by atoms with E-state index < -0.39 is 11.7 Å². The first-order chi connectivity index (χ1) is 11.4. The van der Waals surface area contributed by atoms with Crippen molar-refractivity contribution in [2.45, 2.75) is 46.6 Å². The minimum absolute atomic E-state index is 0.0117. The molecule has 1 aliphatic rings. The van der Waals surface area contributed by atoms with Crippen molar-refractivity contribution in [1.29, 1.82) is 0 Å². The number of pyridine rings is 1. The summed E-state index contributed by atoms with van der Waals surface area (Å²) in [7, 11) is 0. The number of hydrogen-bond acceptors (Lipinski definition) is 6. The monoisotopic (exact) mass is 349 g/mol. The minimum atomic E-state index is -0.847. The topological polar surface area (TPSA) is 89.5 Å². The lowest BCUT2D eigenvalue weighted by Gasteiger charge is -2.19. The number of aromatic nitrogens is 3. The second kappa shape index (κ2) is 6.03. The molecule has 0 aliphatic carbocycles. The maximum absolute atomic E-state index is 12.8. The largest absolute Gasteiger partial charge is 0.506 e. The van der Waals surface area contributed by atoms with Crippen molar-refractivity contribution < 1.29 is 14.9 Å². The van der Waals surface area contributed by atoms with Gasteiger partial charge in [0.25, 0.3) is 5.56 Å². The molecule has 3 heterocycles. The Labute approximate surface area is 143 Å². The molecular formula is C16H19N3O4S. The number of aryl methyl sites for hydroxylation is 1. The van der Waals surface area contributed by atoms with Crippen LogP contribution in [0.15, 0.2) is 11.0 Å². The molecule has 128 valence electrons. The van der Waals surface area contributed by atoms with Gasteiger partial charge in [0.1, 0.15) is 17.4 Å². The van der Waals surface area contributed by atoms with Gasteiger partial charge in [-0.05, 0) is 33.0 Å². The Kier molecular flexibility index (Phi) is 4.18. The molecule has 2 N–H and O–H groups in total. The summed E-state index contributed by atoms with van der Waals surface area (Å²) in [5, 5.41) is 21.0. The van der Waals surface area contributed by atoms with Crippen LogP contribution in [0.2, 0.25) is 0 Å². The highest BCUT2D eigenvalue weighted by atomic mass is 32.1. The summed E-state index contributed by atoms with van der Waals surface area (Å²) < 4.78 is 8.89. The van der Waals surface area contributed by atoms with Gasteiger partial charge < -0.3 is 14.9 Å². The van der Waals surface area contributed by atoms with Crippen LogP contribution in [-0.2, 0) is 24.4 Å². The first-order valence-corrected chi connectivity index (χ1v) is 8.18. The molecule has 0 bridgehead atoms. The van der Waals surface area contributed by atoms with Crippen LogP contribution in [0, 0.1) is 11.7 Å². The quantitative estimate of drug-likeness (QED) is 0.826. The van der Waals surface area contributed by atoms with E-state index in [2.05, 4.69) is 4.98 Å². The highest BCUT2D eigenvalue weighted by Gasteiger charge is 2.35. The lowest BCUT2D eigenvalue weighted by atomic mass is 10.00. The summed E-state index contributed by atoms with van der Waals surface area (Å²) in [5.41, 5.74) is 1.32. The third-order valence-electron chi connectivity index (χ3n) is 4.35. The summed E-state index contributed by atoms with van der Waals surface area (Å²) in [4.78, 5) is 17.0. The smallest absolute Gasteiger partial charge is 0.264 e. The van der Waals surface area contributed by atoms with Crippen molar-refractivity contribution in [3.8, 4) is 11.6 Å². The molecule has 1 aliphatic heterocycles. The standard InChI is InChI=1S/C16H19N3O4S/c1-4-18-14(21)11(15(22)19(5-2)16(18)24)13-10-9(7-23-13)6-17-8(3)12(10)20/h6,13,20-21H,4-5,7H2,1-3H3/t13-/m0/s1. The predicted molar refractivity (Wildman–Crippen MR) is 89.8 cm³/mol. The fourth-order valence-electron chi connectivity index (χ4n) is 3.05. The van der Waals surface area contributed by atoms with E-state index in [1.54, 1.807) is 13.1 Å². The van der Waals surface area contributed by atoms with E-state index in [4.69, 9.17) is 17.0 Å². The van der Waals surface area contributed by atoms with E-state index in [0.717, 1.165) is 0 Å². The van der Waals surface area contributed by atoms with Gasteiger partial charge in [0, 0.05) is 30.4 Å². The zero-order valence-corrected chi connectivity index (χ0v) is 14.6. The second-order valence-electron chi connectivity index (χ2n) is 5.64. The molecule has 0 saturated heterocycles. The number of hydrogen-bond donors (Lipinski definition) is 2. The van der Waals surface area contributed by atoms with Crippen LogP contribution in [0.4, 0.5) is 0 Å². The third kappa shape index (κ3) is 2.25. The fraction of sp³-hybridized carbons (Fsp3) is 0.438. The van der Waals surface area contributed by atoms with Gasteiger partial charge in [-0.15, -0.1) is 0 Å². The highest BCUT2D eigenvalue weighted by molar-refractivity contribution is 7.71. The maximum Gasteiger partial charge on any atom is 0.264 e. The van der Waals surface area contributed by atoms with Gasteiger partial charge in [-0.25, -0.2) is 0 Å². The predicted octanol–water partition coefficient (Wildman–Crippen LogP) is 2.15. The summed E-state index contributed by atoms with van der Waals surface area (Å²) in [6.07, 6.45) is 0.773. The minimum Gasteiger partial charge on any atom is -0.506 e. The van der Waals surface area contributed by atoms with Gasteiger partial charge >= 0.3 is 0 Å². The summed E-state index contributed by atoms with van der Waals surface area (Å²) in [6.45, 7) is 6.33. The van der Waals surface area contributed by atoms with E-state index >= 15 is 0 Å². The maximum atomic E-state index is 12.8. The number of nitrogens with zero attached hydrogens (tertiary/aromatic N) is 3. The lowest BCUT2D eigenvalue weighted by molar-refractivity contribution is 0.0884. The molecule has 0 saturated carbocycles. The molecule has 2 aromatic rings. The van der Waals surface area contributed by atoms with Gasteiger partial charge in [0.2, 0.25) is 5.88 Å². The Balaban J connectivity index is 2.33. The summed E-state index contributed by atoms with van der Waals surface area (Å²) in [6, 6.07) is 0. The molecule has 24 heavy (non-hydrogen) atoms. The van der Waals surface area contributed by atoms with E-state index in [-0.39, 0.29) is 28.6 Å². The number of ether oxygens (including phenoxy) is 1. The number of rotatable bonds is 3. The Morgan fingerprint density at radius 1 is 1.29 bits per heavy atom. The van der Waals surface area contributed by atoms with Crippen molar-refractivity contribution in [3.63, 3.8) is 0 Å². The van der Waals surface area contributed by atoms with Crippen LogP contribution >= 0.6 is 12.2 Å². The molecule has 0 radical (unpaired) electrons. The van der Waals surface area contributed by atoms with Crippen molar-refractivity contribution in [3.05, 3.63) is 43.7 Å². The molecule has 8 heteroatoms. The van der Waals surface area contributed by atoms with Crippen molar-refractivity contribution >= 4 is 12.2 Å². The van der Waals surface area contributed by atoms with Gasteiger partial charge in [-0.2, -0.15) is 0 Å². The van der Waals surface area contributed by atoms with Gasteiger partial charge in [-0.1, -0.05) is 0 Å². The molecule has 0 spiro atoms. The van der Waals surface area contributed by atoms with E-state index in [1.807, 2.05) is 13.8 Å². The second-order valence-corrected chi connectivity index (χ2v) is 6.00. The number of fused-ring (bicyclic) bond motifs is 1. The zero-order valence-electron chi connectivity index (χ0n) is 13.7. The van der Waals surface area contributed by atoms with Crippen molar-refractivity contribution in [1.82, 2.24) is 14.1 Å². The third-order valence-corrected chi connectivity index (χ3v) is 4.79. The molecule has 1 atom stereocenters. The average Bonchev–Trinajstić information content (AvgIpc) is 2.96. The van der Waals surface area contributed by atoms with Crippen LogP contribution in [0.5, 0.6) is 11.6 Å². The average molecular weight is 349 g/mol. The molecule has 0 aromatic carbocycles. The van der Waals surface area contributed by atoms with Crippen LogP contribution in [-0.4, -0.2) is 24.3 Å². The summed E-state index contributed by atoms with van der Waals surface area (Å²) >= 11 is 5.29. The van der Waals surface area contributed by atoms with E-state index in [9.17, 15) is 15.0 Å². The zero-order chi connectivity index (χ0) is 17.6. The number of aromatic hydroxyl groups is 2. The van der Waals surface area contributed by atoms with Crippen LogP contribution in [0.1, 0.15) is 42.3 Å². The highest BCUT2D eigenvalue weighted by Crippen LogP contribution is 2.42. The summed E-state index contributed by atoms with van der Waals surface area (Å²) in [5.74, 6) is -0.230. The van der Waals surface area contributed by atoms with Crippen LogP contribution < -0.4 is 5.56 Å².